The number of carbonyl (C=O) groups is 1. The third kappa shape index (κ3) is 6.14. The first-order chi connectivity index (χ1) is 16.6. The van der Waals surface area contributed by atoms with Gasteiger partial charge in [0.05, 0.1) is 30.8 Å². The topological polar surface area (TPSA) is 88.5 Å². The molecule has 34 heavy (non-hydrogen) atoms. The molecular weight excluding hydrogens is 430 g/mol. The van der Waals surface area contributed by atoms with Gasteiger partial charge < -0.3 is 20.3 Å². The molecule has 1 aromatic heterocycles. The maximum absolute atomic E-state index is 12.9. The van der Waals surface area contributed by atoms with Crippen molar-refractivity contribution in [3.63, 3.8) is 0 Å². The maximum Gasteiger partial charge on any atom is 0.319 e. The Morgan fingerprint density at radius 1 is 1.03 bits per heavy atom. The number of nitrogens with one attached hydrogen (secondary N) is 2. The van der Waals surface area contributed by atoms with Crippen molar-refractivity contribution < 1.29 is 9.53 Å². The highest BCUT2D eigenvalue weighted by Gasteiger charge is 2.15. The number of aromatic nitrogens is 2. The first-order valence-corrected chi connectivity index (χ1v) is 12.1. The minimum atomic E-state index is -0.333. The summed E-state index contributed by atoms with van der Waals surface area (Å²) in [4.78, 5) is 27.8. The number of benzene rings is 2. The lowest BCUT2D eigenvalue weighted by Crippen LogP contribution is -2.33. The van der Waals surface area contributed by atoms with E-state index in [1.54, 1.807) is 0 Å². The van der Waals surface area contributed by atoms with Crippen molar-refractivity contribution in [3.8, 4) is 5.75 Å². The lowest BCUT2D eigenvalue weighted by atomic mass is 10.1. The average molecular weight is 464 g/mol. The second-order valence-electron chi connectivity index (χ2n) is 8.60. The van der Waals surface area contributed by atoms with Crippen LogP contribution in [0.5, 0.6) is 5.75 Å². The number of fused-ring (bicyclic) bond motifs is 1. The van der Waals surface area contributed by atoms with E-state index in [1.807, 2.05) is 48.5 Å². The van der Waals surface area contributed by atoms with Gasteiger partial charge in [-0.3, -0.25) is 4.79 Å². The normalized spacial score (nSPS) is 13.8. The van der Waals surface area contributed by atoms with Crippen molar-refractivity contribution in [2.45, 2.75) is 45.7 Å². The molecule has 3 aromatic rings. The summed E-state index contributed by atoms with van der Waals surface area (Å²) < 4.78 is 7.19. The summed E-state index contributed by atoms with van der Waals surface area (Å²) in [6, 6.07) is 14.4. The second kappa shape index (κ2) is 11.7. The number of amides is 2. The van der Waals surface area contributed by atoms with Gasteiger partial charge in [0, 0.05) is 17.6 Å². The summed E-state index contributed by atoms with van der Waals surface area (Å²) in [5.41, 5.74) is 1.25. The number of hydrogen-bond donors (Lipinski definition) is 2. The number of hydrogen-bond acceptors (Lipinski definition) is 5. The van der Waals surface area contributed by atoms with Gasteiger partial charge in [-0.25, -0.2) is 9.48 Å². The number of nitrogens with zero attached hydrogens (tertiary/aromatic N) is 3. The number of rotatable bonds is 10. The number of unbranched alkanes of at least 4 members (excludes halogenated alkanes) is 1. The molecule has 2 amide bonds. The van der Waals surface area contributed by atoms with Crippen LogP contribution in [0, 0.1) is 0 Å². The molecule has 4 rings (SSSR count). The quantitative estimate of drug-likeness (QED) is 0.444. The summed E-state index contributed by atoms with van der Waals surface area (Å²) in [6.45, 7) is 6.51. The second-order valence-corrected chi connectivity index (χ2v) is 8.60. The molecule has 1 fully saturated rings. The molecule has 0 bridgehead atoms. The Morgan fingerprint density at radius 3 is 2.50 bits per heavy atom. The number of likely N-dealkylation sites (tertiary alicyclic amines) is 1. The van der Waals surface area contributed by atoms with Crippen molar-refractivity contribution in [1.82, 2.24) is 20.0 Å². The van der Waals surface area contributed by atoms with Crippen molar-refractivity contribution >= 4 is 22.5 Å². The van der Waals surface area contributed by atoms with Gasteiger partial charge in [-0.2, -0.15) is 5.10 Å². The van der Waals surface area contributed by atoms with Crippen LogP contribution in [0.1, 0.15) is 38.3 Å². The highest BCUT2D eigenvalue weighted by atomic mass is 16.5. The smallest absolute Gasteiger partial charge is 0.319 e. The molecule has 2 heterocycles. The SMILES string of the molecule is CCCCOc1ccc(NC(=O)NCc2nn(CCN3CCCC3)c(=O)c3ccccc23)cc1. The predicted molar refractivity (Wildman–Crippen MR) is 134 cm³/mol. The van der Waals surface area contributed by atoms with Crippen LogP contribution < -0.4 is 20.9 Å². The van der Waals surface area contributed by atoms with E-state index in [4.69, 9.17) is 4.74 Å². The Balaban J connectivity index is 1.40. The Hall–Kier alpha value is -3.39. The summed E-state index contributed by atoms with van der Waals surface area (Å²) in [5.74, 6) is 0.784. The Morgan fingerprint density at radius 2 is 1.76 bits per heavy atom. The molecule has 0 radical (unpaired) electrons. The van der Waals surface area contributed by atoms with Crippen LogP contribution >= 0.6 is 0 Å². The molecule has 0 aliphatic carbocycles. The molecule has 0 unspecified atom stereocenters. The lowest BCUT2D eigenvalue weighted by Gasteiger charge is -2.16. The largest absolute Gasteiger partial charge is 0.494 e. The number of anilines is 1. The zero-order valence-electron chi connectivity index (χ0n) is 19.8. The molecule has 2 aromatic carbocycles. The fraction of sp³-hybridized carbons (Fsp3) is 0.423. The summed E-state index contributed by atoms with van der Waals surface area (Å²) in [6.07, 6.45) is 4.51. The van der Waals surface area contributed by atoms with Crippen molar-refractivity contribution in [3.05, 3.63) is 64.6 Å². The van der Waals surface area contributed by atoms with Gasteiger partial charge in [0.1, 0.15) is 5.75 Å². The Kier molecular flexibility index (Phi) is 8.14. The van der Waals surface area contributed by atoms with E-state index >= 15 is 0 Å². The highest BCUT2D eigenvalue weighted by Crippen LogP contribution is 2.17. The van der Waals surface area contributed by atoms with Crippen molar-refractivity contribution in [2.24, 2.45) is 0 Å². The maximum atomic E-state index is 12.9. The summed E-state index contributed by atoms with van der Waals surface area (Å²) in [7, 11) is 0. The monoisotopic (exact) mass is 463 g/mol. The zero-order valence-corrected chi connectivity index (χ0v) is 19.8. The first-order valence-electron chi connectivity index (χ1n) is 12.1. The van der Waals surface area contributed by atoms with Crippen LogP contribution in [0.25, 0.3) is 10.8 Å². The van der Waals surface area contributed by atoms with E-state index in [-0.39, 0.29) is 18.1 Å². The number of urea groups is 1. The van der Waals surface area contributed by atoms with Crippen LogP contribution in [0.4, 0.5) is 10.5 Å². The zero-order chi connectivity index (χ0) is 23.8. The van der Waals surface area contributed by atoms with E-state index in [1.165, 1.54) is 17.5 Å². The minimum Gasteiger partial charge on any atom is -0.494 e. The third-order valence-electron chi connectivity index (χ3n) is 6.07. The van der Waals surface area contributed by atoms with Crippen LogP contribution in [0.3, 0.4) is 0 Å². The van der Waals surface area contributed by atoms with Gasteiger partial charge in [0.2, 0.25) is 0 Å². The molecular formula is C26H33N5O3. The van der Waals surface area contributed by atoms with Crippen LogP contribution in [0.15, 0.2) is 53.3 Å². The standard InChI is InChI=1S/C26H33N5O3/c1-2-3-18-34-21-12-10-20(11-13-21)28-26(33)27-19-24-22-8-4-5-9-23(22)25(32)31(29-24)17-16-30-14-6-7-15-30/h4-5,8-13H,2-3,6-7,14-19H2,1H3,(H2,27,28,33). The fourth-order valence-electron chi connectivity index (χ4n) is 4.14. The summed E-state index contributed by atoms with van der Waals surface area (Å²) >= 11 is 0. The lowest BCUT2D eigenvalue weighted by molar-refractivity contribution is 0.251. The van der Waals surface area contributed by atoms with Crippen LogP contribution in [-0.4, -0.2) is 47.0 Å². The first kappa shape index (κ1) is 23.8. The highest BCUT2D eigenvalue weighted by molar-refractivity contribution is 5.90. The molecule has 1 aliphatic rings. The van der Waals surface area contributed by atoms with Gasteiger partial charge in [0.15, 0.2) is 0 Å². The Labute approximate surface area is 199 Å². The molecule has 180 valence electrons. The third-order valence-corrected chi connectivity index (χ3v) is 6.07. The molecule has 8 nitrogen and oxygen atoms in total. The molecule has 0 atom stereocenters. The fourth-order valence-corrected chi connectivity index (χ4v) is 4.14. The number of carbonyl (C=O) groups excluding carboxylic acids is 1. The molecule has 2 N–H and O–H groups in total. The molecule has 1 aliphatic heterocycles. The van der Waals surface area contributed by atoms with Crippen LogP contribution in [-0.2, 0) is 13.1 Å². The number of ether oxygens (including phenoxy) is 1. The van der Waals surface area contributed by atoms with Gasteiger partial charge in [-0.15, -0.1) is 0 Å². The molecule has 1 saturated heterocycles. The van der Waals surface area contributed by atoms with E-state index in [0.29, 0.717) is 29.9 Å². The Bertz CT molecular complexity index is 1150. The van der Waals surface area contributed by atoms with Gasteiger partial charge >= 0.3 is 6.03 Å². The van der Waals surface area contributed by atoms with Gasteiger partial charge in [0.25, 0.3) is 5.56 Å². The van der Waals surface area contributed by atoms with Crippen molar-refractivity contribution in [2.75, 3.05) is 31.6 Å². The average Bonchev–Trinajstić information content (AvgIpc) is 3.38. The van der Waals surface area contributed by atoms with Crippen molar-refractivity contribution in [1.29, 1.82) is 0 Å². The molecule has 0 saturated carbocycles. The van der Waals surface area contributed by atoms with Crippen LogP contribution in [0.2, 0.25) is 0 Å². The van der Waals surface area contributed by atoms with E-state index in [9.17, 15) is 9.59 Å². The van der Waals surface area contributed by atoms with E-state index in [2.05, 4.69) is 27.6 Å². The molecule has 0 spiro atoms. The summed E-state index contributed by atoms with van der Waals surface area (Å²) in [5, 5.41) is 11.7. The van der Waals surface area contributed by atoms with E-state index in [0.717, 1.165) is 43.6 Å². The van der Waals surface area contributed by atoms with E-state index < -0.39 is 0 Å². The molecule has 8 heteroatoms. The van der Waals surface area contributed by atoms with Gasteiger partial charge in [-0.1, -0.05) is 31.5 Å². The minimum absolute atomic E-state index is 0.0933. The predicted octanol–water partition coefficient (Wildman–Crippen LogP) is 3.99. The van der Waals surface area contributed by atoms with Gasteiger partial charge in [-0.05, 0) is 62.7 Å².